The van der Waals surface area contributed by atoms with E-state index < -0.39 is 23.8 Å². The predicted molar refractivity (Wildman–Crippen MR) is 223 cm³/mol. The molecule has 56 heavy (non-hydrogen) atoms. The summed E-state index contributed by atoms with van der Waals surface area (Å²) in [6, 6.07) is 13.5. The molecule has 0 aromatic heterocycles. The number of rotatable bonds is 20. The number of thioether (sulfide) groups is 1. The van der Waals surface area contributed by atoms with Gasteiger partial charge in [-0.25, -0.2) is 4.79 Å². The lowest BCUT2D eigenvalue weighted by Gasteiger charge is -2.60. The van der Waals surface area contributed by atoms with E-state index in [1.54, 1.807) is 22.7 Å². The zero-order valence-corrected chi connectivity index (χ0v) is 35.2. The molecule has 0 radical (unpaired) electrons. The number of carbonyl (C=O) groups is 1. The molecule has 0 unspecified atom stereocenters. The van der Waals surface area contributed by atoms with Gasteiger partial charge in [0, 0.05) is 42.6 Å². The molecule has 2 aromatic rings. The second kappa shape index (κ2) is 20.3. The number of carbonyl (C=O) groups excluding carboxylic acids is 1. The molecule has 6 atom stereocenters. The Morgan fingerprint density at radius 2 is 1.77 bits per heavy atom. The number of nitrogens with zero attached hydrogens (tertiary/aromatic N) is 2. The molecule has 1 aliphatic heterocycles. The largest absolute Gasteiger partial charge is 0.459 e. The molecule has 1 amide bonds. The van der Waals surface area contributed by atoms with E-state index in [2.05, 4.69) is 44.0 Å². The first-order valence-electron chi connectivity index (χ1n) is 20.5. The van der Waals surface area contributed by atoms with Crippen molar-refractivity contribution in [1.29, 1.82) is 0 Å². The van der Waals surface area contributed by atoms with E-state index in [1.165, 1.54) is 0 Å². The Bertz CT molecular complexity index is 1660. The van der Waals surface area contributed by atoms with Crippen molar-refractivity contribution in [3.63, 3.8) is 0 Å². The smallest absolute Gasteiger partial charge is 0.410 e. The summed E-state index contributed by atoms with van der Waals surface area (Å²) in [5, 5.41) is 24.5. The van der Waals surface area contributed by atoms with Crippen LogP contribution in [-0.4, -0.2) is 84.6 Å². The van der Waals surface area contributed by atoms with Crippen molar-refractivity contribution in [3.8, 4) is 17.2 Å². The summed E-state index contributed by atoms with van der Waals surface area (Å²) < 4.78 is 26.9. The van der Waals surface area contributed by atoms with Gasteiger partial charge in [0.05, 0.1) is 24.8 Å². The first kappa shape index (κ1) is 43.6. The predicted octanol–water partition coefficient (Wildman–Crippen LogP) is 9.75. The number of ether oxygens (including phenoxy) is 4. The number of allylic oxidation sites excluding steroid dienone is 1. The van der Waals surface area contributed by atoms with Crippen molar-refractivity contribution >= 4 is 23.6 Å². The Kier molecular flexibility index (Phi) is 15.8. The fourth-order valence-corrected chi connectivity index (χ4v) is 9.02. The van der Waals surface area contributed by atoms with Crippen LogP contribution in [0.15, 0.2) is 76.8 Å². The molecule has 3 aliphatic rings. The first-order valence-corrected chi connectivity index (χ1v) is 21.7. The topological polar surface area (TPSA) is 119 Å². The van der Waals surface area contributed by atoms with E-state index in [0.717, 1.165) is 53.2 Å². The van der Waals surface area contributed by atoms with Gasteiger partial charge in [-0.3, -0.25) is 4.90 Å². The molecule has 1 fully saturated rings. The molecular weight excluding hydrogens is 729 g/mol. The maximum atomic E-state index is 14.3. The summed E-state index contributed by atoms with van der Waals surface area (Å²) in [7, 11) is 0. The molecule has 2 aliphatic carbocycles. The van der Waals surface area contributed by atoms with Gasteiger partial charge < -0.3 is 34.0 Å². The maximum absolute atomic E-state index is 14.3. The van der Waals surface area contributed by atoms with E-state index in [4.69, 9.17) is 28.9 Å². The van der Waals surface area contributed by atoms with Gasteiger partial charge in [0.15, 0.2) is 0 Å². The third kappa shape index (κ3) is 10.1. The lowest BCUT2D eigenvalue weighted by molar-refractivity contribution is -0.255. The molecular formula is C45H64N2O8S. The quantitative estimate of drug-likeness (QED) is 0.0585. The molecule has 1 heterocycles. The van der Waals surface area contributed by atoms with Crippen LogP contribution in [0.1, 0.15) is 97.5 Å². The monoisotopic (exact) mass is 792 g/mol. The fraction of sp³-hybridized carbons (Fsp3) is 0.600. The van der Waals surface area contributed by atoms with Gasteiger partial charge in [-0.05, 0) is 111 Å². The van der Waals surface area contributed by atoms with E-state index in [0.29, 0.717) is 50.3 Å². The zero-order chi connectivity index (χ0) is 40.3. The number of fused-ring (bicyclic) bond motifs is 2. The van der Waals surface area contributed by atoms with E-state index in [9.17, 15) is 15.0 Å². The minimum absolute atomic E-state index is 0.110. The van der Waals surface area contributed by atoms with Crippen molar-refractivity contribution in [2.24, 2.45) is 28.3 Å². The number of aliphatic hydroxyl groups is 2. The van der Waals surface area contributed by atoms with Crippen LogP contribution in [0.3, 0.4) is 0 Å². The van der Waals surface area contributed by atoms with Crippen LogP contribution in [-0.2, 0) is 14.3 Å². The Hall–Kier alpha value is -3.51. The van der Waals surface area contributed by atoms with Crippen molar-refractivity contribution in [3.05, 3.63) is 72.3 Å². The van der Waals surface area contributed by atoms with Crippen LogP contribution in [0.5, 0.6) is 17.2 Å². The Morgan fingerprint density at radius 1 is 1.05 bits per heavy atom. The van der Waals surface area contributed by atoms with Gasteiger partial charge in [-0.1, -0.05) is 57.8 Å². The average Bonchev–Trinajstić information content (AvgIpc) is 3.19. The molecule has 11 heteroatoms. The van der Waals surface area contributed by atoms with Crippen LogP contribution >= 0.6 is 11.8 Å². The SMILES string of the molecule is C=CCO[C@@]12Oc3ccc(Oc4ccc(SC)cc4)cc3[C@H]3[C@H](CCCCO)[C@@H](CCCCO)C=C(C(=NOCC)C[C@@H]1N(CCC)C(=O)OCC(C)(C)C)[C@H]32. The van der Waals surface area contributed by atoms with Crippen LogP contribution in [0, 0.1) is 23.2 Å². The van der Waals surface area contributed by atoms with Crippen LogP contribution in [0.2, 0.25) is 0 Å². The molecule has 2 aromatic carbocycles. The van der Waals surface area contributed by atoms with E-state index >= 15 is 0 Å². The van der Waals surface area contributed by atoms with Gasteiger partial charge in [0.2, 0.25) is 5.79 Å². The average molecular weight is 793 g/mol. The van der Waals surface area contributed by atoms with Crippen LogP contribution < -0.4 is 9.47 Å². The fourth-order valence-electron chi connectivity index (χ4n) is 8.61. The molecule has 10 nitrogen and oxygen atoms in total. The minimum Gasteiger partial charge on any atom is -0.459 e. The molecule has 0 bridgehead atoms. The van der Waals surface area contributed by atoms with Crippen LogP contribution in [0.4, 0.5) is 4.79 Å². The summed E-state index contributed by atoms with van der Waals surface area (Å²) in [4.78, 5) is 23.1. The number of amides is 1. The van der Waals surface area contributed by atoms with Crippen LogP contribution in [0.25, 0.3) is 0 Å². The van der Waals surface area contributed by atoms with Gasteiger partial charge in [0.1, 0.15) is 29.9 Å². The highest BCUT2D eigenvalue weighted by Gasteiger charge is 2.65. The Balaban J connectivity index is 1.75. The standard InChI is InChI=1S/C45H64N2O8S/c1-8-23-47(43(50)51-30-44(4,5)6)40-29-38(46-53-10-3)36-27-31(15-11-13-24-48)35(16-12-14-25-49)41-37-28-33(54-32-17-20-34(56-7)21-18-32)19-22-39(37)55-45(40,42(36)41)52-26-9-2/h9,17-22,27-28,31,35,40-42,48-49H,2,8,10-16,23-26,29-30H2,1,3-7H3/t31-,35+,40-,41+,42+,45+/m0/s1. The first-order chi connectivity index (χ1) is 27.0. The number of oxime groups is 1. The lowest BCUT2D eigenvalue weighted by atomic mass is 9.55. The summed E-state index contributed by atoms with van der Waals surface area (Å²) in [6.07, 6.45) is 11.6. The second-order valence-corrected chi connectivity index (χ2v) is 17.2. The van der Waals surface area contributed by atoms with Crippen molar-refractivity contribution in [2.75, 3.05) is 45.8 Å². The number of unbranched alkanes of at least 4 members (excludes halogenated alkanes) is 2. The highest BCUT2D eigenvalue weighted by Crippen LogP contribution is 2.62. The van der Waals surface area contributed by atoms with E-state index in [1.807, 2.05) is 52.0 Å². The molecule has 1 saturated carbocycles. The third-order valence-corrected chi connectivity index (χ3v) is 11.7. The lowest BCUT2D eigenvalue weighted by Crippen LogP contribution is -2.70. The van der Waals surface area contributed by atoms with Crippen molar-refractivity contribution in [2.45, 2.75) is 109 Å². The Morgan fingerprint density at radius 3 is 2.41 bits per heavy atom. The summed E-state index contributed by atoms with van der Waals surface area (Å²) in [6.45, 7) is 15.6. The second-order valence-electron chi connectivity index (χ2n) is 16.3. The van der Waals surface area contributed by atoms with Gasteiger partial charge in [0.25, 0.3) is 0 Å². The number of benzene rings is 2. The maximum Gasteiger partial charge on any atom is 0.410 e. The van der Waals surface area contributed by atoms with Crippen molar-refractivity contribution in [1.82, 2.24) is 4.90 Å². The van der Waals surface area contributed by atoms with Crippen molar-refractivity contribution < 1.29 is 38.8 Å². The summed E-state index contributed by atoms with van der Waals surface area (Å²) in [5.41, 5.74) is 2.54. The number of aliphatic hydroxyl groups excluding tert-OH is 2. The molecule has 2 N–H and O–H groups in total. The highest BCUT2D eigenvalue weighted by molar-refractivity contribution is 7.98. The number of hydrogen-bond acceptors (Lipinski definition) is 10. The van der Waals surface area contributed by atoms with E-state index in [-0.39, 0.29) is 49.6 Å². The normalized spacial score (nSPS) is 24.7. The van der Waals surface area contributed by atoms with Gasteiger partial charge in [-0.2, -0.15) is 0 Å². The zero-order valence-electron chi connectivity index (χ0n) is 34.3. The molecule has 0 spiro atoms. The highest BCUT2D eigenvalue weighted by atomic mass is 32.2. The Labute approximate surface area is 338 Å². The van der Waals surface area contributed by atoms with Gasteiger partial charge in [-0.15, -0.1) is 18.3 Å². The third-order valence-electron chi connectivity index (χ3n) is 10.9. The molecule has 0 saturated heterocycles. The molecule has 308 valence electrons. The minimum atomic E-state index is -1.33. The summed E-state index contributed by atoms with van der Waals surface area (Å²) >= 11 is 1.68. The molecule has 5 rings (SSSR count). The summed E-state index contributed by atoms with van der Waals surface area (Å²) in [5.74, 6) is 0.479. The van der Waals surface area contributed by atoms with Gasteiger partial charge >= 0.3 is 6.09 Å². The number of hydrogen-bond donors (Lipinski definition) is 2.